The van der Waals surface area contributed by atoms with Crippen LogP contribution in [-0.4, -0.2) is 53.0 Å². The van der Waals surface area contributed by atoms with Gasteiger partial charge in [0.25, 0.3) is 0 Å². The largest absolute Gasteiger partial charge is 0.445 e. The number of amides is 1. The van der Waals surface area contributed by atoms with Gasteiger partial charge < -0.3 is 10.1 Å². The maximum Gasteiger partial charge on any atom is 0.407 e. The van der Waals surface area contributed by atoms with Crippen LogP contribution in [0.3, 0.4) is 0 Å². The van der Waals surface area contributed by atoms with E-state index in [-0.39, 0.29) is 12.4 Å². The molecule has 3 rings (SSSR count). The number of alkyl carbamates (subject to hydrolysis) is 1. The van der Waals surface area contributed by atoms with Gasteiger partial charge in [0, 0.05) is 26.3 Å². The zero-order valence-corrected chi connectivity index (χ0v) is 18.6. The van der Waals surface area contributed by atoms with Gasteiger partial charge in [-0.05, 0) is 43.7 Å². The number of hydrogen-bond donors (Lipinski definition) is 1. The van der Waals surface area contributed by atoms with E-state index in [0.717, 1.165) is 24.0 Å². The Bertz CT molecular complexity index is 948. The van der Waals surface area contributed by atoms with E-state index in [1.165, 1.54) is 4.31 Å². The topological polar surface area (TPSA) is 93.5 Å². The molecule has 0 unspecified atom stereocenters. The Morgan fingerprint density at radius 1 is 1.23 bits per heavy atom. The standard InChI is InChI=1S/C21H30N4O4S/c1-21(2,23-20(26)29-15-17-7-5-4-6-8-17)16-30(27,28)25-11-9-18(10-12-25)19-13-22-24(3)14-19/h4-8,13-14,18H,9-12,15-16H2,1-3H3,(H,23,26). The van der Waals surface area contributed by atoms with E-state index in [1.807, 2.05) is 49.8 Å². The summed E-state index contributed by atoms with van der Waals surface area (Å²) in [6.07, 6.45) is 4.73. The number of carbonyl (C=O) groups is 1. The average molecular weight is 435 g/mol. The van der Waals surface area contributed by atoms with Gasteiger partial charge in [-0.1, -0.05) is 30.3 Å². The van der Waals surface area contributed by atoms with E-state index in [9.17, 15) is 13.2 Å². The van der Waals surface area contributed by atoms with Crippen LogP contribution in [0.1, 0.15) is 43.7 Å². The molecule has 1 amide bonds. The smallest absolute Gasteiger partial charge is 0.407 e. The second-order valence-corrected chi connectivity index (χ2v) is 10.4. The Labute approximate surface area is 178 Å². The molecule has 1 fully saturated rings. The summed E-state index contributed by atoms with van der Waals surface area (Å²) in [7, 11) is -1.63. The van der Waals surface area contributed by atoms with Crippen molar-refractivity contribution in [3.63, 3.8) is 0 Å². The van der Waals surface area contributed by atoms with Gasteiger partial charge in [0.05, 0.1) is 17.5 Å². The van der Waals surface area contributed by atoms with Crippen molar-refractivity contribution < 1.29 is 17.9 Å². The Kier molecular flexibility index (Phi) is 6.82. The molecule has 8 nitrogen and oxygen atoms in total. The first-order chi connectivity index (χ1) is 14.1. The van der Waals surface area contributed by atoms with Crippen LogP contribution in [0.5, 0.6) is 0 Å². The lowest BCUT2D eigenvalue weighted by molar-refractivity contribution is 0.131. The summed E-state index contributed by atoms with van der Waals surface area (Å²) in [5, 5.41) is 6.88. The predicted molar refractivity (Wildman–Crippen MR) is 114 cm³/mol. The van der Waals surface area contributed by atoms with Crippen molar-refractivity contribution in [2.45, 2.75) is 44.8 Å². The molecule has 1 N–H and O–H groups in total. The van der Waals surface area contributed by atoms with E-state index in [2.05, 4.69) is 10.4 Å². The molecule has 0 spiro atoms. The van der Waals surface area contributed by atoms with Crippen LogP contribution in [0.15, 0.2) is 42.7 Å². The van der Waals surface area contributed by atoms with Crippen molar-refractivity contribution >= 4 is 16.1 Å². The zero-order valence-electron chi connectivity index (χ0n) is 17.7. The Morgan fingerprint density at radius 2 is 1.90 bits per heavy atom. The molecule has 1 saturated heterocycles. The van der Waals surface area contributed by atoms with Crippen LogP contribution < -0.4 is 5.32 Å². The molecule has 0 aliphatic carbocycles. The van der Waals surface area contributed by atoms with Gasteiger partial charge in [-0.3, -0.25) is 4.68 Å². The minimum absolute atomic E-state index is 0.136. The summed E-state index contributed by atoms with van der Waals surface area (Å²) in [4.78, 5) is 12.1. The quantitative estimate of drug-likeness (QED) is 0.723. The van der Waals surface area contributed by atoms with E-state index < -0.39 is 21.7 Å². The fraction of sp³-hybridized carbons (Fsp3) is 0.524. The third-order valence-corrected chi connectivity index (χ3v) is 7.48. The fourth-order valence-electron chi connectivity index (χ4n) is 3.74. The van der Waals surface area contributed by atoms with Crippen LogP contribution in [0.25, 0.3) is 0 Å². The minimum Gasteiger partial charge on any atom is -0.445 e. The van der Waals surface area contributed by atoms with Crippen LogP contribution in [0.4, 0.5) is 4.79 Å². The summed E-state index contributed by atoms with van der Waals surface area (Å²) in [6, 6.07) is 9.34. The number of aromatic nitrogens is 2. The Balaban J connectivity index is 1.50. The number of piperidine rings is 1. The monoisotopic (exact) mass is 434 g/mol. The van der Waals surface area contributed by atoms with Gasteiger partial charge in [-0.25, -0.2) is 17.5 Å². The van der Waals surface area contributed by atoms with Gasteiger partial charge in [0.1, 0.15) is 6.61 Å². The van der Waals surface area contributed by atoms with Crippen molar-refractivity contribution in [2.24, 2.45) is 7.05 Å². The van der Waals surface area contributed by atoms with Crippen LogP contribution >= 0.6 is 0 Å². The number of rotatable bonds is 7. The average Bonchev–Trinajstić information content (AvgIpc) is 3.12. The lowest BCUT2D eigenvalue weighted by Crippen LogP contribution is -2.52. The molecular weight excluding hydrogens is 404 g/mol. The van der Waals surface area contributed by atoms with Crippen molar-refractivity contribution in [3.8, 4) is 0 Å². The molecule has 1 aromatic carbocycles. The van der Waals surface area contributed by atoms with Crippen LogP contribution in [0, 0.1) is 0 Å². The Morgan fingerprint density at radius 3 is 2.50 bits per heavy atom. The van der Waals surface area contributed by atoms with E-state index in [1.54, 1.807) is 18.5 Å². The second-order valence-electron chi connectivity index (χ2n) is 8.45. The van der Waals surface area contributed by atoms with Crippen molar-refractivity contribution in [1.29, 1.82) is 0 Å². The zero-order chi connectivity index (χ0) is 21.8. The number of benzene rings is 1. The fourth-order valence-corrected chi connectivity index (χ4v) is 5.67. The molecule has 0 bridgehead atoms. The van der Waals surface area contributed by atoms with E-state index in [4.69, 9.17) is 4.74 Å². The summed E-state index contributed by atoms with van der Waals surface area (Å²) in [5.41, 5.74) is 1.07. The number of nitrogens with one attached hydrogen (secondary N) is 1. The lowest BCUT2D eigenvalue weighted by Gasteiger charge is -2.34. The maximum absolute atomic E-state index is 12.9. The number of ether oxygens (including phenoxy) is 1. The molecule has 1 aliphatic rings. The minimum atomic E-state index is -3.51. The van der Waals surface area contributed by atoms with Gasteiger partial charge in [0.2, 0.25) is 10.0 Å². The molecule has 0 atom stereocenters. The first-order valence-corrected chi connectivity index (χ1v) is 11.7. The molecule has 2 heterocycles. The van der Waals surface area contributed by atoms with Gasteiger partial charge in [-0.2, -0.15) is 5.10 Å². The van der Waals surface area contributed by atoms with Crippen molar-refractivity contribution in [3.05, 3.63) is 53.9 Å². The highest BCUT2D eigenvalue weighted by Gasteiger charge is 2.35. The lowest BCUT2D eigenvalue weighted by atomic mass is 9.93. The third kappa shape index (κ3) is 6.06. The van der Waals surface area contributed by atoms with Crippen molar-refractivity contribution in [1.82, 2.24) is 19.4 Å². The summed E-state index contributed by atoms with van der Waals surface area (Å²) >= 11 is 0. The molecule has 1 aromatic heterocycles. The summed E-state index contributed by atoms with van der Waals surface area (Å²) < 4.78 is 34.4. The number of hydrogen-bond acceptors (Lipinski definition) is 5. The molecule has 9 heteroatoms. The molecule has 0 saturated carbocycles. The van der Waals surface area contributed by atoms with E-state index in [0.29, 0.717) is 19.0 Å². The third-order valence-electron chi connectivity index (χ3n) is 5.24. The van der Waals surface area contributed by atoms with Crippen LogP contribution in [0.2, 0.25) is 0 Å². The first kappa shape index (κ1) is 22.3. The highest BCUT2D eigenvalue weighted by molar-refractivity contribution is 7.89. The highest BCUT2D eigenvalue weighted by atomic mass is 32.2. The number of nitrogens with zero attached hydrogens (tertiary/aromatic N) is 3. The molecule has 1 aliphatic heterocycles. The van der Waals surface area contributed by atoms with Gasteiger partial charge >= 0.3 is 6.09 Å². The van der Waals surface area contributed by atoms with Gasteiger partial charge in [-0.15, -0.1) is 0 Å². The molecular formula is C21H30N4O4S. The SMILES string of the molecule is Cn1cc(C2CCN(S(=O)(=O)CC(C)(C)NC(=O)OCc3ccccc3)CC2)cn1. The Hall–Kier alpha value is -2.39. The van der Waals surface area contributed by atoms with Crippen LogP contribution in [-0.2, 0) is 28.4 Å². The maximum atomic E-state index is 12.9. The van der Waals surface area contributed by atoms with Crippen molar-refractivity contribution in [2.75, 3.05) is 18.8 Å². The summed E-state index contributed by atoms with van der Waals surface area (Å²) in [5.74, 6) is 0.141. The molecule has 0 radical (unpaired) electrons. The van der Waals surface area contributed by atoms with Gasteiger partial charge in [0.15, 0.2) is 0 Å². The predicted octanol–water partition coefficient (Wildman–Crippen LogP) is 2.63. The number of aryl methyl sites for hydroxylation is 1. The molecule has 2 aromatic rings. The highest BCUT2D eigenvalue weighted by Crippen LogP contribution is 2.29. The number of carbonyl (C=O) groups excluding carboxylic acids is 1. The first-order valence-electron chi connectivity index (χ1n) is 10.1. The second kappa shape index (κ2) is 9.18. The summed E-state index contributed by atoms with van der Waals surface area (Å²) in [6.45, 7) is 4.46. The number of sulfonamides is 1. The molecule has 164 valence electrons. The van der Waals surface area contributed by atoms with E-state index >= 15 is 0 Å². The normalized spacial score (nSPS) is 16.4. The molecule has 30 heavy (non-hydrogen) atoms.